The standard InChI is InChI=1S/C21H29NO4/c1-15(2)21(19(24)25)11-12-22(14-21)18(23)20(9-4-5-10-20)16-7-6-8-17(13-16)26-3/h6-8,13,15H,4-5,9-12,14H2,1-3H3,(H,24,25). The van der Waals surface area contributed by atoms with Crippen LogP contribution in [-0.4, -0.2) is 42.1 Å². The van der Waals surface area contributed by atoms with Crippen LogP contribution in [0.5, 0.6) is 5.75 Å². The zero-order valence-corrected chi connectivity index (χ0v) is 16.0. The first-order valence-corrected chi connectivity index (χ1v) is 9.53. The van der Waals surface area contributed by atoms with Gasteiger partial charge in [-0.25, -0.2) is 0 Å². The number of hydrogen-bond acceptors (Lipinski definition) is 3. The Morgan fingerprint density at radius 2 is 1.88 bits per heavy atom. The summed E-state index contributed by atoms with van der Waals surface area (Å²) in [6.07, 6.45) is 4.20. The van der Waals surface area contributed by atoms with Crippen LogP contribution in [0.2, 0.25) is 0 Å². The molecule has 1 atom stereocenters. The topological polar surface area (TPSA) is 66.8 Å². The third kappa shape index (κ3) is 2.87. The van der Waals surface area contributed by atoms with Crippen molar-refractivity contribution < 1.29 is 19.4 Å². The average Bonchev–Trinajstić information content (AvgIpc) is 3.30. The van der Waals surface area contributed by atoms with Gasteiger partial charge in [-0.15, -0.1) is 0 Å². The van der Waals surface area contributed by atoms with Crippen LogP contribution in [-0.2, 0) is 15.0 Å². The van der Waals surface area contributed by atoms with Gasteiger partial charge in [-0.3, -0.25) is 9.59 Å². The SMILES string of the molecule is COc1cccc(C2(C(=O)N3CCC(C(=O)O)(C(C)C)C3)CCCC2)c1. The molecule has 1 aliphatic carbocycles. The maximum absolute atomic E-state index is 13.6. The highest BCUT2D eigenvalue weighted by Crippen LogP contribution is 2.46. The van der Waals surface area contributed by atoms with Crippen molar-refractivity contribution in [3.63, 3.8) is 0 Å². The fourth-order valence-electron chi connectivity index (χ4n) is 4.73. The molecule has 0 bridgehead atoms. The lowest BCUT2D eigenvalue weighted by atomic mass is 9.76. The largest absolute Gasteiger partial charge is 0.497 e. The summed E-state index contributed by atoms with van der Waals surface area (Å²) >= 11 is 0. The zero-order valence-electron chi connectivity index (χ0n) is 16.0. The molecule has 1 saturated heterocycles. The van der Waals surface area contributed by atoms with Gasteiger partial charge in [-0.2, -0.15) is 0 Å². The van der Waals surface area contributed by atoms with Gasteiger partial charge in [0.25, 0.3) is 0 Å². The van der Waals surface area contributed by atoms with Crippen LogP contribution in [0.1, 0.15) is 51.5 Å². The number of ether oxygens (including phenoxy) is 1. The Balaban J connectivity index is 1.92. The monoisotopic (exact) mass is 359 g/mol. The van der Waals surface area contributed by atoms with E-state index in [-0.39, 0.29) is 11.8 Å². The molecule has 0 spiro atoms. The molecule has 5 heteroatoms. The highest BCUT2D eigenvalue weighted by Gasteiger charge is 2.52. The van der Waals surface area contributed by atoms with Gasteiger partial charge in [0, 0.05) is 13.1 Å². The maximum atomic E-state index is 13.6. The van der Waals surface area contributed by atoms with Gasteiger partial charge in [0.1, 0.15) is 5.75 Å². The Kier molecular flexibility index (Phi) is 5.00. The van der Waals surface area contributed by atoms with Crippen molar-refractivity contribution in [2.75, 3.05) is 20.2 Å². The number of carbonyl (C=O) groups is 2. The van der Waals surface area contributed by atoms with Gasteiger partial charge in [-0.1, -0.05) is 38.8 Å². The second-order valence-corrected chi connectivity index (χ2v) is 8.11. The number of carbonyl (C=O) groups excluding carboxylic acids is 1. The van der Waals surface area contributed by atoms with Crippen molar-refractivity contribution in [3.05, 3.63) is 29.8 Å². The third-order valence-corrected chi connectivity index (χ3v) is 6.61. The molecule has 5 nitrogen and oxygen atoms in total. The van der Waals surface area contributed by atoms with Crippen LogP contribution >= 0.6 is 0 Å². The molecule has 3 rings (SSSR count). The molecule has 1 saturated carbocycles. The van der Waals surface area contributed by atoms with E-state index in [2.05, 4.69) is 0 Å². The van der Waals surface area contributed by atoms with Gasteiger partial charge in [-0.05, 0) is 42.9 Å². The van der Waals surface area contributed by atoms with E-state index in [1.54, 1.807) is 12.0 Å². The molecule has 2 aliphatic rings. The number of aliphatic carboxylic acids is 1. The minimum absolute atomic E-state index is 0.00542. The summed E-state index contributed by atoms with van der Waals surface area (Å²) in [6.45, 7) is 4.71. The predicted octanol–water partition coefficient (Wildman–Crippen LogP) is 3.47. The second-order valence-electron chi connectivity index (χ2n) is 8.11. The predicted molar refractivity (Wildman–Crippen MR) is 99.2 cm³/mol. The van der Waals surface area contributed by atoms with E-state index < -0.39 is 16.8 Å². The summed E-state index contributed by atoms with van der Waals surface area (Å²) in [6, 6.07) is 7.79. The molecule has 1 aromatic carbocycles. The van der Waals surface area contributed by atoms with E-state index in [9.17, 15) is 14.7 Å². The minimum Gasteiger partial charge on any atom is -0.497 e. The summed E-state index contributed by atoms with van der Waals surface area (Å²) in [5, 5.41) is 9.79. The molecule has 1 unspecified atom stereocenters. The summed E-state index contributed by atoms with van der Waals surface area (Å²) in [7, 11) is 1.63. The van der Waals surface area contributed by atoms with Gasteiger partial charge >= 0.3 is 5.97 Å². The van der Waals surface area contributed by atoms with Crippen molar-refractivity contribution in [2.24, 2.45) is 11.3 Å². The lowest BCUT2D eigenvalue weighted by molar-refractivity contribution is -0.151. The van der Waals surface area contributed by atoms with Crippen molar-refractivity contribution in [3.8, 4) is 5.75 Å². The molecule has 142 valence electrons. The molecule has 1 amide bonds. The number of carboxylic acid groups (broad SMARTS) is 1. The molecule has 1 heterocycles. The van der Waals surface area contributed by atoms with Crippen molar-refractivity contribution in [2.45, 2.75) is 51.4 Å². The van der Waals surface area contributed by atoms with E-state index in [0.29, 0.717) is 19.5 Å². The summed E-state index contributed by atoms with van der Waals surface area (Å²) < 4.78 is 5.36. The Labute approximate surface area is 155 Å². The molecule has 1 aliphatic heterocycles. The molecule has 0 aromatic heterocycles. The Morgan fingerprint density at radius 1 is 1.19 bits per heavy atom. The summed E-state index contributed by atoms with van der Waals surface area (Å²) in [5.41, 5.74) is -0.374. The number of hydrogen-bond donors (Lipinski definition) is 1. The van der Waals surface area contributed by atoms with Crippen LogP contribution in [0.3, 0.4) is 0 Å². The Morgan fingerprint density at radius 3 is 2.42 bits per heavy atom. The van der Waals surface area contributed by atoms with E-state index in [1.807, 2.05) is 38.1 Å². The van der Waals surface area contributed by atoms with Crippen LogP contribution in [0.4, 0.5) is 0 Å². The van der Waals surface area contributed by atoms with Crippen molar-refractivity contribution in [1.29, 1.82) is 0 Å². The van der Waals surface area contributed by atoms with Crippen LogP contribution in [0.25, 0.3) is 0 Å². The number of nitrogens with zero attached hydrogens (tertiary/aromatic N) is 1. The first-order valence-electron chi connectivity index (χ1n) is 9.53. The lowest BCUT2D eigenvalue weighted by Gasteiger charge is -2.34. The average molecular weight is 359 g/mol. The summed E-state index contributed by atoms with van der Waals surface area (Å²) in [4.78, 5) is 27.3. The molecule has 1 aromatic rings. The van der Waals surface area contributed by atoms with E-state index >= 15 is 0 Å². The number of likely N-dealkylation sites (tertiary alicyclic amines) is 1. The fourth-order valence-corrected chi connectivity index (χ4v) is 4.73. The number of rotatable bonds is 5. The van der Waals surface area contributed by atoms with E-state index in [4.69, 9.17) is 4.74 Å². The van der Waals surface area contributed by atoms with Gasteiger partial charge in [0.05, 0.1) is 17.9 Å². The normalized spacial score (nSPS) is 24.8. The summed E-state index contributed by atoms with van der Waals surface area (Å²) in [5.74, 6) is 0.0517. The van der Waals surface area contributed by atoms with Crippen LogP contribution in [0, 0.1) is 11.3 Å². The Hall–Kier alpha value is -2.04. The highest BCUT2D eigenvalue weighted by molar-refractivity contribution is 5.90. The zero-order chi connectivity index (χ0) is 18.9. The molecule has 26 heavy (non-hydrogen) atoms. The second kappa shape index (κ2) is 6.93. The number of amides is 1. The maximum Gasteiger partial charge on any atom is 0.311 e. The molecular formula is C21H29NO4. The molecule has 1 N–H and O–H groups in total. The van der Waals surface area contributed by atoms with Crippen LogP contribution in [0.15, 0.2) is 24.3 Å². The molecule has 0 radical (unpaired) electrons. The lowest BCUT2D eigenvalue weighted by Crippen LogP contribution is -2.47. The highest BCUT2D eigenvalue weighted by atomic mass is 16.5. The Bertz CT molecular complexity index is 693. The van der Waals surface area contributed by atoms with Gasteiger partial charge in [0.2, 0.25) is 5.91 Å². The van der Waals surface area contributed by atoms with Crippen molar-refractivity contribution >= 4 is 11.9 Å². The molecular weight excluding hydrogens is 330 g/mol. The number of benzene rings is 1. The smallest absolute Gasteiger partial charge is 0.311 e. The molecule has 2 fully saturated rings. The number of methoxy groups -OCH3 is 1. The van der Waals surface area contributed by atoms with Gasteiger partial charge < -0.3 is 14.7 Å². The fraction of sp³-hybridized carbons (Fsp3) is 0.619. The first kappa shape index (κ1) is 18.7. The minimum atomic E-state index is -0.830. The van der Waals surface area contributed by atoms with Gasteiger partial charge in [0.15, 0.2) is 0 Å². The van der Waals surface area contributed by atoms with Crippen molar-refractivity contribution in [1.82, 2.24) is 4.90 Å². The number of carboxylic acids is 1. The van der Waals surface area contributed by atoms with Crippen LogP contribution < -0.4 is 4.74 Å². The third-order valence-electron chi connectivity index (χ3n) is 6.61. The quantitative estimate of drug-likeness (QED) is 0.874. The van der Waals surface area contributed by atoms with E-state index in [1.165, 1.54) is 0 Å². The van der Waals surface area contributed by atoms with E-state index in [0.717, 1.165) is 37.0 Å². The first-order chi connectivity index (χ1) is 12.4.